The van der Waals surface area contributed by atoms with Gasteiger partial charge in [0.1, 0.15) is 6.54 Å². The van der Waals surface area contributed by atoms with E-state index in [0.29, 0.717) is 17.8 Å². The number of benzene rings is 1. The van der Waals surface area contributed by atoms with Crippen molar-refractivity contribution < 1.29 is 15.0 Å². The van der Waals surface area contributed by atoms with Gasteiger partial charge in [-0.25, -0.2) is 0 Å². The van der Waals surface area contributed by atoms with Gasteiger partial charge in [-0.2, -0.15) is 0 Å². The maximum atomic E-state index is 12.8. The Kier molecular flexibility index (Phi) is 5.64. The second-order valence-electron chi connectivity index (χ2n) is 7.27. The molecule has 0 radical (unpaired) electrons. The summed E-state index contributed by atoms with van der Waals surface area (Å²) in [5, 5.41) is 19.9. The molecule has 152 valence electrons. The molecule has 7 nitrogen and oxygen atoms in total. The molecule has 1 atom stereocenters. The molecule has 1 amide bonds. The molecule has 2 aliphatic rings. The van der Waals surface area contributed by atoms with Gasteiger partial charge in [-0.3, -0.25) is 19.1 Å². The molecule has 1 aromatic heterocycles. The fourth-order valence-corrected chi connectivity index (χ4v) is 4.78. The van der Waals surface area contributed by atoms with Crippen LogP contribution in [0.3, 0.4) is 0 Å². The van der Waals surface area contributed by atoms with E-state index in [1.807, 2.05) is 24.3 Å². The quantitative estimate of drug-likeness (QED) is 0.788. The highest BCUT2D eigenvalue weighted by Crippen LogP contribution is 2.34. The molecule has 2 aromatic rings. The number of likely N-dealkylation sites (tertiary alicyclic amines) is 1. The SMILES string of the molecule is O=C(Cn1c(O)c(/C=C2\C=Nc3ccccc32)sc1=O)N1CCCCC1CCO. The summed E-state index contributed by atoms with van der Waals surface area (Å²) in [5.74, 6) is -0.403. The van der Waals surface area contributed by atoms with Crippen LogP contribution in [0.2, 0.25) is 0 Å². The van der Waals surface area contributed by atoms with Gasteiger partial charge < -0.3 is 15.1 Å². The number of rotatable bonds is 5. The van der Waals surface area contributed by atoms with Crippen molar-refractivity contribution in [3.05, 3.63) is 44.4 Å². The maximum Gasteiger partial charge on any atom is 0.311 e. The number of aliphatic hydroxyl groups excluding tert-OH is 1. The van der Waals surface area contributed by atoms with Crippen molar-refractivity contribution in [2.24, 2.45) is 4.99 Å². The van der Waals surface area contributed by atoms with Crippen LogP contribution in [-0.4, -0.2) is 51.0 Å². The number of allylic oxidation sites excluding steroid dienone is 1. The molecule has 4 rings (SSSR count). The lowest BCUT2D eigenvalue weighted by Gasteiger charge is -2.35. The molecule has 8 heteroatoms. The Morgan fingerprint density at radius 2 is 2.14 bits per heavy atom. The largest absolute Gasteiger partial charge is 0.493 e. The van der Waals surface area contributed by atoms with Crippen LogP contribution >= 0.6 is 11.3 Å². The molecule has 1 unspecified atom stereocenters. The van der Waals surface area contributed by atoms with E-state index < -0.39 is 0 Å². The van der Waals surface area contributed by atoms with Crippen molar-refractivity contribution in [2.75, 3.05) is 13.2 Å². The molecule has 0 aliphatic carbocycles. The number of para-hydroxylation sites is 1. The minimum absolute atomic E-state index is 0.00878. The van der Waals surface area contributed by atoms with Crippen LogP contribution in [0.1, 0.15) is 36.1 Å². The molecule has 29 heavy (non-hydrogen) atoms. The Morgan fingerprint density at radius 1 is 1.31 bits per heavy atom. The van der Waals surface area contributed by atoms with Crippen LogP contribution < -0.4 is 4.87 Å². The summed E-state index contributed by atoms with van der Waals surface area (Å²) in [6.45, 7) is 0.448. The molecule has 1 fully saturated rings. The highest BCUT2D eigenvalue weighted by molar-refractivity contribution is 7.10. The Bertz CT molecular complexity index is 1030. The third kappa shape index (κ3) is 3.90. The zero-order valence-corrected chi connectivity index (χ0v) is 16.8. The number of carbonyl (C=O) groups excluding carboxylic acids is 1. The maximum absolute atomic E-state index is 12.8. The van der Waals surface area contributed by atoms with E-state index in [2.05, 4.69) is 4.99 Å². The summed E-state index contributed by atoms with van der Waals surface area (Å²) in [6, 6.07) is 7.65. The normalized spacial score (nSPS) is 19.7. The molecular formula is C21H23N3O4S. The lowest BCUT2D eigenvalue weighted by Crippen LogP contribution is -2.46. The second-order valence-corrected chi connectivity index (χ2v) is 8.26. The van der Waals surface area contributed by atoms with Gasteiger partial charge in [0.05, 0.1) is 10.6 Å². The third-order valence-corrected chi connectivity index (χ3v) is 6.36. The number of fused-ring (bicyclic) bond motifs is 1. The fourth-order valence-electron chi connectivity index (χ4n) is 3.95. The van der Waals surface area contributed by atoms with Crippen LogP contribution in [-0.2, 0) is 11.3 Å². The molecular weight excluding hydrogens is 390 g/mol. The number of piperidine rings is 1. The van der Waals surface area contributed by atoms with Gasteiger partial charge in [-0.1, -0.05) is 29.5 Å². The lowest BCUT2D eigenvalue weighted by atomic mass is 9.99. The standard InChI is InChI=1S/C21H23N3O4S/c25-10-8-15-5-3-4-9-23(15)19(26)13-24-20(27)18(29-21(24)28)11-14-12-22-17-7-2-1-6-16(14)17/h1-2,6-7,11-12,15,25,27H,3-5,8-10,13H2/b14-11+. The number of nitrogens with zero attached hydrogens (tertiary/aromatic N) is 3. The van der Waals surface area contributed by atoms with Crippen molar-refractivity contribution in [1.29, 1.82) is 0 Å². The average Bonchev–Trinajstić information content (AvgIpc) is 3.25. The first-order chi connectivity index (χ1) is 14.1. The third-order valence-electron chi connectivity index (χ3n) is 5.44. The first-order valence-electron chi connectivity index (χ1n) is 9.76. The number of carbonyl (C=O) groups is 1. The summed E-state index contributed by atoms with van der Waals surface area (Å²) >= 11 is 0.911. The Hall–Kier alpha value is -2.71. The Labute approximate surface area is 172 Å². The van der Waals surface area contributed by atoms with E-state index in [9.17, 15) is 19.8 Å². The summed E-state index contributed by atoms with van der Waals surface area (Å²) in [6.07, 6.45) is 6.76. The molecule has 0 spiro atoms. The number of aliphatic hydroxyl groups is 1. The molecule has 1 aromatic carbocycles. The minimum atomic E-state index is -0.373. The van der Waals surface area contributed by atoms with Gasteiger partial charge in [0.15, 0.2) is 0 Å². The predicted octanol–water partition coefficient (Wildman–Crippen LogP) is 2.64. The van der Waals surface area contributed by atoms with Gasteiger partial charge in [0, 0.05) is 36.5 Å². The van der Waals surface area contributed by atoms with E-state index in [4.69, 9.17) is 0 Å². The number of aliphatic imine (C=N–C) groups is 1. The van der Waals surface area contributed by atoms with Gasteiger partial charge >= 0.3 is 4.87 Å². The number of thiazole rings is 1. The van der Waals surface area contributed by atoms with E-state index in [0.717, 1.165) is 52.0 Å². The smallest absolute Gasteiger partial charge is 0.311 e. The first kappa shape index (κ1) is 19.6. The van der Waals surface area contributed by atoms with Crippen LogP contribution in [0.15, 0.2) is 34.1 Å². The fraction of sp³-hybridized carbons (Fsp3) is 0.381. The number of hydrogen-bond donors (Lipinski definition) is 2. The highest BCUT2D eigenvalue weighted by Gasteiger charge is 2.27. The van der Waals surface area contributed by atoms with Crippen LogP contribution in [0.5, 0.6) is 5.88 Å². The lowest BCUT2D eigenvalue weighted by molar-refractivity contribution is -0.136. The molecule has 2 aliphatic heterocycles. The van der Waals surface area contributed by atoms with E-state index in [1.54, 1.807) is 17.2 Å². The van der Waals surface area contributed by atoms with E-state index in [-0.39, 0.29) is 35.9 Å². The van der Waals surface area contributed by atoms with Crippen molar-refractivity contribution >= 4 is 40.8 Å². The number of aromatic nitrogens is 1. The number of amides is 1. The van der Waals surface area contributed by atoms with Gasteiger partial charge in [0.25, 0.3) is 0 Å². The monoisotopic (exact) mass is 413 g/mol. The van der Waals surface area contributed by atoms with Crippen LogP contribution in [0, 0.1) is 0 Å². The molecule has 3 heterocycles. The van der Waals surface area contributed by atoms with Crippen molar-refractivity contribution in [3.63, 3.8) is 0 Å². The molecule has 2 N–H and O–H groups in total. The van der Waals surface area contributed by atoms with Crippen molar-refractivity contribution in [2.45, 2.75) is 38.3 Å². The summed E-state index contributed by atoms with van der Waals surface area (Å²) in [7, 11) is 0. The second kappa shape index (κ2) is 8.34. The molecule has 0 bridgehead atoms. The van der Waals surface area contributed by atoms with Gasteiger partial charge in [-0.05, 0) is 37.8 Å². The summed E-state index contributed by atoms with van der Waals surface area (Å²) in [4.78, 5) is 31.4. The first-order valence-corrected chi connectivity index (χ1v) is 10.6. The number of hydrogen-bond acceptors (Lipinski definition) is 6. The molecule has 1 saturated heterocycles. The highest BCUT2D eigenvalue weighted by atomic mass is 32.1. The Morgan fingerprint density at radius 3 is 2.97 bits per heavy atom. The minimum Gasteiger partial charge on any atom is -0.493 e. The zero-order valence-electron chi connectivity index (χ0n) is 16.0. The Balaban J connectivity index is 1.57. The average molecular weight is 413 g/mol. The summed E-state index contributed by atoms with van der Waals surface area (Å²) in [5.41, 5.74) is 2.60. The van der Waals surface area contributed by atoms with Crippen molar-refractivity contribution in [1.82, 2.24) is 9.47 Å². The van der Waals surface area contributed by atoms with E-state index in [1.165, 1.54) is 0 Å². The van der Waals surface area contributed by atoms with Gasteiger partial charge in [-0.15, -0.1) is 0 Å². The van der Waals surface area contributed by atoms with Crippen molar-refractivity contribution in [3.8, 4) is 5.88 Å². The molecule has 0 saturated carbocycles. The number of aromatic hydroxyl groups is 1. The van der Waals surface area contributed by atoms with Gasteiger partial charge in [0.2, 0.25) is 11.8 Å². The predicted molar refractivity (Wildman–Crippen MR) is 114 cm³/mol. The van der Waals surface area contributed by atoms with Crippen LogP contribution in [0.4, 0.5) is 5.69 Å². The van der Waals surface area contributed by atoms with Crippen LogP contribution in [0.25, 0.3) is 11.6 Å². The summed E-state index contributed by atoms with van der Waals surface area (Å²) < 4.78 is 1.13. The van der Waals surface area contributed by atoms with E-state index >= 15 is 0 Å². The topological polar surface area (TPSA) is 95.1 Å². The zero-order chi connectivity index (χ0) is 20.4.